The third-order valence-corrected chi connectivity index (χ3v) is 3.92. The first-order chi connectivity index (χ1) is 9.64. The van der Waals surface area contributed by atoms with Crippen LogP contribution in [0.15, 0.2) is 36.9 Å². The molecule has 1 aromatic rings. The molecule has 1 aliphatic carbocycles. The Balaban J connectivity index is 2.14. The minimum Gasteiger partial charge on any atom is -0.490 e. The van der Waals surface area contributed by atoms with Crippen LogP contribution < -0.4 is 4.74 Å². The zero-order chi connectivity index (χ0) is 14.6. The fourth-order valence-corrected chi connectivity index (χ4v) is 2.57. The van der Waals surface area contributed by atoms with Crippen molar-refractivity contribution in [2.75, 3.05) is 13.7 Å². The van der Waals surface area contributed by atoms with Gasteiger partial charge in [0.1, 0.15) is 12.4 Å². The van der Waals surface area contributed by atoms with E-state index in [2.05, 4.69) is 6.58 Å². The third-order valence-electron chi connectivity index (χ3n) is 3.92. The van der Waals surface area contributed by atoms with E-state index in [0.29, 0.717) is 30.8 Å². The summed E-state index contributed by atoms with van der Waals surface area (Å²) in [5, 5.41) is 10.5. The van der Waals surface area contributed by atoms with Crippen LogP contribution >= 0.6 is 0 Å². The topological polar surface area (TPSA) is 55.8 Å². The number of esters is 1. The SMILES string of the molecule is C=CCOc1ccc(C(O)C2(C(=O)OC)CCC2)cc1. The predicted octanol–water partition coefficient (Wildman–Crippen LogP) is 2.63. The van der Waals surface area contributed by atoms with Gasteiger partial charge in [0, 0.05) is 0 Å². The predicted molar refractivity (Wildman–Crippen MR) is 75.4 cm³/mol. The molecule has 2 rings (SSSR count). The number of carbonyl (C=O) groups is 1. The molecule has 1 aromatic carbocycles. The summed E-state index contributed by atoms with van der Waals surface area (Å²) in [6.45, 7) is 4.02. The Morgan fingerprint density at radius 2 is 2.10 bits per heavy atom. The Bertz CT molecular complexity index is 474. The van der Waals surface area contributed by atoms with Crippen LogP contribution in [0.4, 0.5) is 0 Å². The summed E-state index contributed by atoms with van der Waals surface area (Å²) in [6, 6.07) is 7.13. The maximum absolute atomic E-state index is 11.9. The second-order valence-corrected chi connectivity index (χ2v) is 5.07. The highest BCUT2D eigenvalue weighted by Gasteiger charge is 2.51. The first-order valence-corrected chi connectivity index (χ1v) is 6.74. The van der Waals surface area contributed by atoms with Crippen molar-refractivity contribution in [1.82, 2.24) is 0 Å². The van der Waals surface area contributed by atoms with Gasteiger partial charge in [-0.2, -0.15) is 0 Å². The van der Waals surface area contributed by atoms with Crippen LogP contribution in [0.25, 0.3) is 0 Å². The van der Waals surface area contributed by atoms with Gasteiger partial charge in [-0.25, -0.2) is 0 Å². The van der Waals surface area contributed by atoms with Gasteiger partial charge >= 0.3 is 5.97 Å². The average molecular weight is 276 g/mol. The number of carbonyl (C=O) groups excluding carboxylic acids is 1. The summed E-state index contributed by atoms with van der Waals surface area (Å²) < 4.78 is 10.2. The van der Waals surface area contributed by atoms with E-state index in [1.807, 2.05) is 0 Å². The molecule has 1 fully saturated rings. The van der Waals surface area contributed by atoms with E-state index in [1.165, 1.54) is 7.11 Å². The Labute approximate surface area is 119 Å². The van der Waals surface area contributed by atoms with Crippen molar-refractivity contribution in [2.24, 2.45) is 5.41 Å². The van der Waals surface area contributed by atoms with E-state index in [9.17, 15) is 9.90 Å². The molecule has 1 atom stereocenters. The molecular weight excluding hydrogens is 256 g/mol. The van der Waals surface area contributed by atoms with Crippen LogP contribution in [0.2, 0.25) is 0 Å². The zero-order valence-corrected chi connectivity index (χ0v) is 11.7. The van der Waals surface area contributed by atoms with Crippen molar-refractivity contribution < 1.29 is 19.4 Å². The summed E-state index contributed by atoms with van der Waals surface area (Å²) >= 11 is 0. The van der Waals surface area contributed by atoms with Gasteiger partial charge in [-0.3, -0.25) is 4.79 Å². The first kappa shape index (κ1) is 14.6. The van der Waals surface area contributed by atoms with Crippen LogP contribution in [0.1, 0.15) is 30.9 Å². The lowest BCUT2D eigenvalue weighted by Crippen LogP contribution is -2.44. The molecule has 1 unspecified atom stereocenters. The molecule has 1 N–H and O–H groups in total. The van der Waals surface area contributed by atoms with Crippen molar-refractivity contribution in [1.29, 1.82) is 0 Å². The molecule has 0 bridgehead atoms. The first-order valence-electron chi connectivity index (χ1n) is 6.74. The maximum atomic E-state index is 11.9. The number of hydrogen-bond acceptors (Lipinski definition) is 4. The molecule has 20 heavy (non-hydrogen) atoms. The van der Waals surface area contributed by atoms with Crippen LogP contribution in [0, 0.1) is 5.41 Å². The van der Waals surface area contributed by atoms with Gasteiger partial charge in [-0.15, -0.1) is 0 Å². The molecule has 0 aliphatic heterocycles. The van der Waals surface area contributed by atoms with Crippen LogP contribution in [0.3, 0.4) is 0 Å². The van der Waals surface area contributed by atoms with Crippen molar-refractivity contribution in [2.45, 2.75) is 25.4 Å². The number of ether oxygens (including phenoxy) is 2. The van der Waals surface area contributed by atoms with E-state index in [0.717, 1.165) is 6.42 Å². The van der Waals surface area contributed by atoms with E-state index in [1.54, 1.807) is 30.3 Å². The lowest BCUT2D eigenvalue weighted by molar-refractivity contribution is -0.170. The third kappa shape index (κ3) is 2.56. The van der Waals surface area contributed by atoms with Crippen molar-refractivity contribution >= 4 is 5.97 Å². The van der Waals surface area contributed by atoms with Gasteiger partial charge in [0.15, 0.2) is 0 Å². The van der Waals surface area contributed by atoms with Crippen molar-refractivity contribution in [3.05, 3.63) is 42.5 Å². The van der Waals surface area contributed by atoms with E-state index < -0.39 is 11.5 Å². The molecule has 4 heteroatoms. The Hall–Kier alpha value is -1.81. The van der Waals surface area contributed by atoms with Gasteiger partial charge in [0.05, 0.1) is 18.6 Å². The largest absolute Gasteiger partial charge is 0.490 e. The highest BCUT2D eigenvalue weighted by molar-refractivity contribution is 5.78. The molecule has 0 saturated heterocycles. The monoisotopic (exact) mass is 276 g/mol. The Morgan fingerprint density at radius 3 is 2.55 bits per heavy atom. The summed E-state index contributed by atoms with van der Waals surface area (Å²) in [4.78, 5) is 11.9. The lowest BCUT2D eigenvalue weighted by atomic mass is 9.63. The fourth-order valence-electron chi connectivity index (χ4n) is 2.57. The van der Waals surface area contributed by atoms with Crippen LogP contribution in [0.5, 0.6) is 5.75 Å². The number of hydrogen-bond donors (Lipinski definition) is 1. The van der Waals surface area contributed by atoms with E-state index >= 15 is 0 Å². The molecule has 1 saturated carbocycles. The summed E-state index contributed by atoms with van der Waals surface area (Å²) in [5.41, 5.74) is -0.0702. The van der Waals surface area contributed by atoms with Crippen molar-refractivity contribution in [3.63, 3.8) is 0 Å². The summed E-state index contributed by atoms with van der Waals surface area (Å²) in [7, 11) is 1.36. The lowest BCUT2D eigenvalue weighted by Gasteiger charge is -2.42. The van der Waals surface area contributed by atoms with Crippen LogP contribution in [-0.2, 0) is 9.53 Å². The standard InChI is InChI=1S/C16H20O4/c1-3-11-20-13-7-5-12(6-8-13)14(17)16(9-4-10-16)15(18)19-2/h3,5-8,14,17H,1,4,9-11H2,2H3. The van der Waals surface area contributed by atoms with Gasteiger partial charge in [-0.1, -0.05) is 31.2 Å². The van der Waals surface area contributed by atoms with E-state index in [-0.39, 0.29) is 5.97 Å². The Morgan fingerprint density at radius 1 is 1.45 bits per heavy atom. The zero-order valence-electron chi connectivity index (χ0n) is 11.7. The summed E-state index contributed by atoms with van der Waals surface area (Å²) in [6.07, 6.45) is 3.10. The molecular formula is C16H20O4. The number of benzene rings is 1. The molecule has 0 amide bonds. The van der Waals surface area contributed by atoms with Gasteiger partial charge in [0.25, 0.3) is 0 Å². The van der Waals surface area contributed by atoms with Crippen molar-refractivity contribution in [3.8, 4) is 5.75 Å². The number of rotatable bonds is 6. The maximum Gasteiger partial charge on any atom is 0.314 e. The highest BCUT2D eigenvalue weighted by Crippen LogP contribution is 2.51. The fraction of sp³-hybridized carbons (Fsp3) is 0.438. The smallest absolute Gasteiger partial charge is 0.314 e. The molecule has 0 heterocycles. The number of aliphatic hydroxyl groups is 1. The molecule has 108 valence electrons. The molecule has 0 aromatic heterocycles. The minimum absolute atomic E-state index is 0.330. The van der Waals surface area contributed by atoms with E-state index in [4.69, 9.17) is 9.47 Å². The normalized spacial score (nSPS) is 17.7. The summed E-state index contributed by atoms with van der Waals surface area (Å²) in [5.74, 6) is 0.379. The molecule has 1 aliphatic rings. The minimum atomic E-state index is -0.836. The molecule has 4 nitrogen and oxygen atoms in total. The quantitative estimate of drug-likeness (QED) is 0.641. The number of aliphatic hydroxyl groups excluding tert-OH is 1. The molecule has 0 radical (unpaired) electrons. The average Bonchev–Trinajstić information content (AvgIpc) is 2.44. The van der Waals surface area contributed by atoms with Crippen LogP contribution in [-0.4, -0.2) is 24.8 Å². The number of methoxy groups -OCH3 is 1. The molecule has 0 spiro atoms. The second kappa shape index (κ2) is 6.09. The highest BCUT2D eigenvalue weighted by atomic mass is 16.5. The van der Waals surface area contributed by atoms with Gasteiger partial charge in [-0.05, 0) is 30.5 Å². The van der Waals surface area contributed by atoms with Gasteiger partial charge in [0.2, 0.25) is 0 Å². The Kier molecular flexibility index (Phi) is 4.45. The second-order valence-electron chi connectivity index (χ2n) is 5.07. The van der Waals surface area contributed by atoms with Gasteiger partial charge < -0.3 is 14.6 Å².